The van der Waals surface area contributed by atoms with Crippen molar-refractivity contribution in [2.24, 2.45) is 0 Å². The third-order valence-corrected chi connectivity index (χ3v) is 1.51. The third-order valence-electron chi connectivity index (χ3n) is 1.51. The van der Waals surface area contributed by atoms with E-state index in [4.69, 9.17) is 5.11 Å². The highest BCUT2D eigenvalue weighted by atomic mass is 16.3. The Kier molecular flexibility index (Phi) is 1.15. The van der Waals surface area contributed by atoms with Gasteiger partial charge in [-0.1, -0.05) is 6.08 Å². The lowest BCUT2D eigenvalue weighted by molar-refractivity contribution is 0.156. The predicted molar refractivity (Wildman–Crippen MR) is 29.0 cm³/mol. The SMILES string of the molecule is C/C=C1/CCC1O. The van der Waals surface area contributed by atoms with Crippen molar-refractivity contribution in [3.8, 4) is 0 Å². The molecule has 1 aliphatic rings. The first-order valence-corrected chi connectivity index (χ1v) is 2.67. The Labute approximate surface area is 43.7 Å². The molecular formula is C6H10O. The minimum atomic E-state index is -0.0926. The van der Waals surface area contributed by atoms with E-state index in [2.05, 4.69) is 0 Å². The van der Waals surface area contributed by atoms with Gasteiger partial charge in [-0.15, -0.1) is 0 Å². The highest BCUT2D eigenvalue weighted by Gasteiger charge is 2.18. The average molecular weight is 98.1 g/mol. The van der Waals surface area contributed by atoms with Crippen LogP contribution in [0.4, 0.5) is 0 Å². The molecule has 1 fully saturated rings. The van der Waals surface area contributed by atoms with E-state index < -0.39 is 0 Å². The van der Waals surface area contributed by atoms with Gasteiger partial charge in [0, 0.05) is 0 Å². The molecule has 0 radical (unpaired) electrons. The second kappa shape index (κ2) is 1.66. The summed E-state index contributed by atoms with van der Waals surface area (Å²) in [6, 6.07) is 0. The van der Waals surface area contributed by atoms with Gasteiger partial charge in [-0.05, 0) is 25.3 Å². The van der Waals surface area contributed by atoms with Gasteiger partial charge in [0.1, 0.15) is 0 Å². The van der Waals surface area contributed by atoms with Crippen LogP contribution in [-0.4, -0.2) is 11.2 Å². The summed E-state index contributed by atoms with van der Waals surface area (Å²) in [5, 5.41) is 8.84. The van der Waals surface area contributed by atoms with Gasteiger partial charge >= 0.3 is 0 Å². The smallest absolute Gasteiger partial charge is 0.0753 e. The third kappa shape index (κ3) is 0.682. The first kappa shape index (κ1) is 4.85. The first-order chi connectivity index (χ1) is 3.34. The topological polar surface area (TPSA) is 20.2 Å². The monoisotopic (exact) mass is 98.1 g/mol. The van der Waals surface area contributed by atoms with E-state index in [-0.39, 0.29) is 6.10 Å². The highest BCUT2D eigenvalue weighted by Crippen LogP contribution is 2.25. The summed E-state index contributed by atoms with van der Waals surface area (Å²) >= 11 is 0. The molecule has 0 amide bonds. The number of allylic oxidation sites excluding steroid dienone is 1. The zero-order valence-corrected chi connectivity index (χ0v) is 4.52. The van der Waals surface area contributed by atoms with E-state index >= 15 is 0 Å². The Hall–Kier alpha value is -0.300. The molecule has 1 saturated carbocycles. The van der Waals surface area contributed by atoms with Crippen LogP contribution < -0.4 is 0 Å². The molecule has 0 aromatic heterocycles. The zero-order chi connectivity index (χ0) is 5.28. The van der Waals surface area contributed by atoms with Crippen LogP contribution in [0.25, 0.3) is 0 Å². The Morgan fingerprint density at radius 1 is 1.86 bits per heavy atom. The van der Waals surface area contributed by atoms with Crippen LogP contribution in [0.2, 0.25) is 0 Å². The molecule has 40 valence electrons. The molecule has 1 unspecified atom stereocenters. The molecule has 0 bridgehead atoms. The van der Waals surface area contributed by atoms with Crippen LogP contribution in [0.5, 0.6) is 0 Å². The van der Waals surface area contributed by atoms with E-state index in [1.807, 2.05) is 13.0 Å². The molecule has 0 heterocycles. The molecule has 0 aromatic rings. The zero-order valence-electron chi connectivity index (χ0n) is 4.52. The fourth-order valence-electron chi connectivity index (χ4n) is 0.777. The van der Waals surface area contributed by atoms with E-state index in [9.17, 15) is 0 Å². The summed E-state index contributed by atoms with van der Waals surface area (Å²) in [6.45, 7) is 1.97. The summed E-state index contributed by atoms with van der Waals surface area (Å²) in [6.07, 6.45) is 3.98. The van der Waals surface area contributed by atoms with Crippen LogP contribution in [0, 0.1) is 0 Å². The lowest BCUT2D eigenvalue weighted by Gasteiger charge is -2.23. The van der Waals surface area contributed by atoms with Crippen molar-refractivity contribution in [2.75, 3.05) is 0 Å². The molecule has 1 nitrogen and oxygen atoms in total. The molecule has 1 heteroatoms. The number of hydrogen-bond donors (Lipinski definition) is 1. The van der Waals surface area contributed by atoms with E-state index in [1.165, 1.54) is 5.57 Å². The molecule has 0 aliphatic heterocycles. The predicted octanol–water partition coefficient (Wildman–Crippen LogP) is 1.09. The minimum Gasteiger partial charge on any atom is -0.389 e. The molecule has 1 atom stereocenters. The number of aliphatic hydroxyl groups excluding tert-OH is 1. The number of aliphatic hydroxyl groups is 1. The lowest BCUT2D eigenvalue weighted by Crippen LogP contribution is -2.20. The first-order valence-electron chi connectivity index (χ1n) is 2.67. The second-order valence-electron chi connectivity index (χ2n) is 1.92. The van der Waals surface area contributed by atoms with Crippen LogP contribution in [0.3, 0.4) is 0 Å². The number of hydrogen-bond acceptors (Lipinski definition) is 1. The molecule has 0 aromatic carbocycles. The standard InChI is InChI=1S/C6H10O/c1-2-5-3-4-6(5)7/h2,6-7H,3-4H2,1H3/b5-2-. The van der Waals surface area contributed by atoms with Gasteiger partial charge in [-0.25, -0.2) is 0 Å². The maximum atomic E-state index is 8.84. The minimum absolute atomic E-state index is 0.0926. The Balaban J connectivity index is 2.44. The van der Waals surface area contributed by atoms with Crippen LogP contribution in [0.15, 0.2) is 11.6 Å². The van der Waals surface area contributed by atoms with Gasteiger partial charge in [0.05, 0.1) is 6.10 Å². The fourth-order valence-corrected chi connectivity index (χ4v) is 0.777. The Morgan fingerprint density at radius 3 is 2.57 bits per heavy atom. The van der Waals surface area contributed by atoms with E-state index in [1.54, 1.807) is 0 Å². The van der Waals surface area contributed by atoms with Gasteiger partial charge in [0.15, 0.2) is 0 Å². The van der Waals surface area contributed by atoms with Crippen molar-refractivity contribution in [2.45, 2.75) is 25.9 Å². The normalized spacial score (nSPS) is 35.7. The molecule has 1 aliphatic carbocycles. The molecule has 1 rings (SSSR count). The van der Waals surface area contributed by atoms with Gasteiger partial charge < -0.3 is 5.11 Å². The highest BCUT2D eigenvalue weighted by molar-refractivity contribution is 5.14. The summed E-state index contributed by atoms with van der Waals surface area (Å²) in [5.41, 5.74) is 1.21. The summed E-state index contributed by atoms with van der Waals surface area (Å²) < 4.78 is 0. The maximum Gasteiger partial charge on any atom is 0.0753 e. The Morgan fingerprint density at radius 2 is 2.57 bits per heavy atom. The Bertz CT molecular complexity index is 94.4. The maximum absolute atomic E-state index is 8.84. The van der Waals surface area contributed by atoms with Crippen molar-refractivity contribution in [3.63, 3.8) is 0 Å². The molecule has 0 spiro atoms. The fraction of sp³-hybridized carbons (Fsp3) is 0.667. The largest absolute Gasteiger partial charge is 0.389 e. The van der Waals surface area contributed by atoms with Crippen molar-refractivity contribution in [1.82, 2.24) is 0 Å². The molecule has 1 N–H and O–H groups in total. The van der Waals surface area contributed by atoms with E-state index in [0.717, 1.165) is 12.8 Å². The number of rotatable bonds is 0. The molecular weight excluding hydrogens is 88.1 g/mol. The van der Waals surface area contributed by atoms with Gasteiger partial charge in [-0.3, -0.25) is 0 Å². The van der Waals surface area contributed by atoms with Crippen molar-refractivity contribution < 1.29 is 5.11 Å². The van der Waals surface area contributed by atoms with Crippen LogP contribution in [-0.2, 0) is 0 Å². The van der Waals surface area contributed by atoms with Crippen molar-refractivity contribution in [1.29, 1.82) is 0 Å². The van der Waals surface area contributed by atoms with Crippen LogP contribution >= 0.6 is 0 Å². The van der Waals surface area contributed by atoms with Gasteiger partial charge in [0.2, 0.25) is 0 Å². The van der Waals surface area contributed by atoms with Gasteiger partial charge in [-0.2, -0.15) is 0 Å². The summed E-state index contributed by atoms with van der Waals surface area (Å²) in [7, 11) is 0. The summed E-state index contributed by atoms with van der Waals surface area (Å²) in [5.74, 6) is 0. The lowest BCUT2D eigenvalue weighted by atomic mass is 9.89. The van der Waals surface area contributed by atoms with Crippen molar-refractivity contribution in [3.05, 3.63) is 11.6 Å². The van der Waals surface area contributed by atoms with Crippen molar-refractivity contribution >= 4 is 0 Å². The van der Waals surface area contributed by atoms with Gasteiger partial charge in [0.25, 0.3) is 0 Å². The molecule has 0 saturated heterocycles. The van der Waals surface area contributed by atoms with Crippen LogP contribution in [0.1, 0.15) is 19.8 Å². The average Bonchev–Trinajstić information content (AvgIpc) is 1.65. The van der Waals surface area contributed by atoms with E-state index in [0.29, 0.717) is 0 Å². The summed E-state index contributed by atoms with van der Waals surface area (Å²) in [4.78, 5) is 0. The second-order valence-corrected chi connectivity index (χ2v) is 1.92. The quantitative estimate of drug-likeness (QED) is 0.449. The molecule has 7 heavy (non-hydrogen) atoms.